The zero-order valence-electron chi connectivity index (χ0n) is 33.5. The molecule has 0 aliphatic rings. The molecule has 13 rings (SSSR count). The van der Waals surface area contributed by atoms with E-state index >= 15 is 0 Å². The van der Waals surface area contributed by atoms with Gasteiger partial charge in [-0.2, -0.15) is 9.97 Å². The minimum atomic E-state index is 0.524. The molecule has 0 saturated carbocycles. The van der Waals surface area contributed by atoms with E-state index in [-0.39, 0.29) is 0 Å². The molecular formula is C55H32N6O2. The number of rotatable bonds is 6. The van der Waals surface area contributed by atoms with E-state index in [1.54, 1.807) is 0 Å². The fraction of sp³-hybridized carbons (Fsp3) is 0. The summed E-state index contributed by atoms with van der Waals surface area (Å²) in [4.78, 5) is 25.9. The van der Waals surface area contributed by atoms with Crippen molar-refractivity contribution in [3.05, 3.63) is 194 Å². The van der Waals surface area contributed by atoms with Gasteiger partial charge in [0.25, 0.3) is 0 Å². The zero-order valence-corrected chi connectivity index (χ0v) is 33.5. The summed E-state index contributed by atoms with van der Waals surface area (Å²) in [6.07, 6.45) is 0. The summed E-state index contributed by atoms with van der Waals surface area (Å²) in [7, 11) is 0. The highest BCUT2D eigenvalue weighted by atomic mass is 16.3. The molecule has 13 aromatic rings. The van der Waals surface area contributed by atoms with Gasteiger partial charge in [0.05, 0.1) is 11.0 Å². The molecule has 0 atom stereocenters. The van der Waals surface area contributed by atoms with Gasteiger partial charge < -0.3 is 8.83 Å². The lowest BCUT2D eigenvalue weighted by Crippen LogP contribution is -2.06. The van der Waals surface area contributed by atoms with Gasteiger partial charge in [-0.05, 0) is 53.6 Å². The highest BCUT2D eigenvalue weighted by molar-refractivity contribution is 6.14. The molecular weight excluding hydrogens is 777 g/mol. The molecule has 0 radical (unpaired) electrons. The molecule has 0 N–H and O–H groups in total. The maximum absolute atomic E-state index is 6.67. The topological polar surface area (TPSA) is 95.7 Å². The summed E-state index contributed by atoms with van der Waals surface area (Å²) < 4.78 is 15.2. The van der Waals surface area contributed by atoms with Crippen LogP contribution in [0.25, 0.3) is 128 Å². The molecule has 0 aliphatic carbocycles. The minimum absolute atomic E-state index is 0.524. The molecule has 0 fully saturated rings. The SMILES string of the molecule is c1ccc(-c2ccc3c4ccccc4n(-c4nc(-c5ccccc5)nc(-c5ccc6c(c5)oc5cccc(-c7nc(-c8ccccc8)c8oc9ccccc9c8n7)c56)n4)c3c2)cc1. The van der Waals surface area contributed by atoms with Gasteiger partial charge in [0, 0.05) is 49.2 Å². The van der Waals surface area contributed by atoms with Crippen molar-refractivity contribution in [1.82, 2.24) is 29.5 Å². The second-order valence-corrected chi connectivity index (χ2v) is 15.6. The molecule has 8 aromatic carbocycles. The number of furan rings is 2. The van der Waals surface area contributed by atoms with Crippen molar-refractivity contribution in [2.75, 3.05) is 0 Å². The van der Waals surface area contributed by atoms with E-state index in [0.717, 1.165) is 93.7 Å². The van der Waals surface area contributed by atoms with E-state index in [0.29, 0.717) is 34.6 Å². The molecule has 0 spiro atoms. The van der Waals surface area contributed by atoms with Gasteiger partial charge in [-0.3, -0.25) is 4.57 Å². The van der Waals surface area contributed by atoms with Crippen LogP contribution in [-0.2, 0) is 0 Å². The van der Waals surface area contributed by atoms with Gasteiger partial charge in [0.15, 0.2) is 23.1 Å². The highest BCUT2D eigenvalue weighted by Crippen LogP contribution is 2.41. The summed E-state index contributed by atoms with van der Waals surface area (Å²) >= 11 is 0. The van der Waals surface area contributed by atoms with Crippen molar-refractivity contribution < 1.29 is 8.83 Å². The highest BCUT2D eigenvalue weighted by Gasteiger charge is 2.23. The van der Waals surface area contributed by atoms with Crippen LogP contribution in [-0.4, -0.2) is 29.5 Å². The molecule has 0 unspecified atom stereocenters. The number of nitrogens with zero attached hydrogens (tertiary/aromatic N) is 6. The maximum Gasteiger partial charge on any atom is 0.238 e. The Bertz CT molecular complexity index is 3910. The summed E-state index contributed by atoms with van der Waals surface area (Å²) in [5, 5.41) is 5.03. The maximum atomic E-state index is 6.67. The Morgan fingerprint density at radius 2 is 0.984 bits per heavy atom. The number of para-hydroxylation sites is 2. The average molecular weight is 809 g/mol. The molecule has 8 heteroatoms. The first kappa shape index (κ1) is 35.0. The fourth-order valence-corrected chi connectivity index (χ4v) is 8.96. The standard InChI is InChI=1S/C55H32N6O2/c1-4-15-33(16-5-1)36-27-29-39-38-21-10-12-24-43(38)61(44(39)31-36)55-59-52(35-19-8-3-9-20-35)58-53(60-55)37-28-30-40-47(32-37)62-46-26-14-23-42(48(40)46)54-56-49(34-17-6-2-7-18-34)51-50(57-54)41-22-11-13-25-45(41)63-51/h1-32H. The number of aromatic nitrogens is 6. The van der Waals surface area contributed by atoms with Crippen LogP contribution in [0.15, 0.2) is 203 Å². The third kappa shape index (κ3) is 5.66. The Morgan fingerprint density at radius 3 is 1.79 bits per heavy atom. The first-order valence-electron chi connectivity index (χ1n) is 20.8. The van der Waals surface area contributed by atoms with Crippen LogP contribution in [0.2, 0.25) is 0 Å². The van der Waals surface area contributed by atoms with E-state index in [4.69, 9.17) is 33.8 Å². The van der Waals surface area contributed by atoms with Crippen molar-refractivity contribution >= 4 is 65.8 Å². The molecule has 5 heterocycles. The summed E-state index contributed by atoms with van der Waals surface area (Å²) in [5.41, 5.74) is 12.1. The second kappa shape index (κ2) is 13.9. The summed E-state index contributed by atoms with van der Waals surface area (Å²) in [6, 6.07) is 65.8. The average Bonchev–Trinajstić information content (AvgIpc) is 4.03. The van der Waals surface area contributed by atoms with Crippen LogP contribution >= 0.6 is 0 Å². The lowest BCUT2D eigenvalue weighted by molar-refractivity contribution is 0.667. The van der Waals surface area contributed by atoms with Crippen LogP contribution in [0.5, 0.6) is 0 Å². The minimum Gasteiger partial charge on any atom is -0.456 e. The first-order chi connectivity index (χ1) is 31.2. The number of benzene rings is 8. The Hall–Kier alpha value is -8.75. The van der Waals surface area contributed by atoms with E-state index in [9.17, 15) is 0 Å². The summed E-state index contributed by atoms with van der Waals surface area (Å²) in [5.74, 6) is 2.21. The van der Waals surface area contributed by atoms with Crippen molar-refractivity contribution in [3.8, 4) is 62.5 Å². The third-order valence-electron chi connectivity index (χ3n) is 11.9. The van der Waals surface area contributed by atoms with E-state index in [1.807, 2.05) is 109 Å². The molecule has 0 saturated heterocycles. The number of fused-ring (bicyclic) bond motifs is 9. The molecule has 0 amide bonds. The van der Waals surface area contributed by atoms with Crippen molar-refractivity contribution in [3.63, 3.8) is 0 Å². The van der Waals surface area contributed by atoms with E-state index in [1.165, 1.54) is 0 Å². The quantitative estimate of drug-likeness (QED) is 0.165. The monoisotopic (exact) mass is 808 g/mol. The Labute approximate surface area is 359 Å². The second-order valence-electron chi connectivity index (χ2n) is 15.6. The molecule has 294 valence electrons. The van der Waals surface area contributed by atoms with Crippen LogP contribution < -0.4 is 0 Å². The zero-order chi connectivity index (χ0) is 41.4. The Morgan fingerprint density at radius 1 is 0.349 bits per heavy atom. The Kier molecular flexibility index (Phi) is 7.74. The molecule has 63 heavy (non-hydrogen) atoms. The number of hydrogen-bond acceptors (Lipinski definition) is 7. The van der Waals surface area contributed by atoms with Crippen LogP contribution in [0.4, 0.5) is 0 Å². The molecule has 8 nitrogen and oxygen atoms in total. The molecule has 5 aromatic heterocycles. The molecule has 0 aliphatic heterocycles. The predicted octanol–water partition coefficient (Wildman–Crippen LogP) is 13.9. The van der Waals surface area contributed by atoms with E-state index < -0.39 is 0 Å². The predicted molar refractivity (Wildman–Crippen MR) is 251 cm³/mol. The van der Waals surface area contributed by atoms with Gasteiger partial charge >= 0.3 is 0 Å². The van der Waals surface area contributed by atoms with Gasteiger partial charge in [-0.15, -0.1) is 0 Å². The summed E-state index contributed by atoms with van der Waals surface area (Å²) in [6.45, 7) is 0. The van der Waals surface area contributed by atoms with Gasteiger partial charge in [-0.25, -0.2) is 15.0 Å². The van der Waals surface area contributed by atoms with Gasteiger partial charge in [-0.1, -0.05) is 152 Å². The lowest BCUT2D eigenvalue weighted by Gasteiger charge is -2.11. The van der Waals surface area contributed by atoms with Crippen LogP contribution in [0, 0.1) is 0 Å². The van der Waals surface area contributed by atoms with Crippen molar-refractivity contribution in [2.45, 2.75) is 0 Å². The lowest BCUT2D eigenvalue weighted by atomic mass is 10.0. The van der Waals surface area contributed by atoms with Crippen LogP contribution in [0.1, 0.15) is 0 Å². The third-order valence-corrected chi connectivity index (χ3v) is 11.9. The van der Waals surface area contributed by atoms with Gasteiger partial charge in [0.2, 0.25) is 5.95 Å². The van der Waals surface area contributed by atoms with Gasteiger partial charge in [0.1, 0.15) is 28.0 Å². The van der Waals surface area contributed by atoms with Crippen LogP contribution in [0.3, 0.4) is 0 Å². The first-order valence-corrected chi connectivity index (χ1v) is 20.8. The fourth-order valence-electron chi connectivity index (χ4n) is 8.96. The molecule has 0 bridgehead atoms. The number of hydrogen-bond donors (Lipinski definition) is 0. The van der Waals surface area contributed by atoms with Crippen molar-refractivity contribution in [2.24, 2.45) is 0 Å². The van der Waals surface area contributed by atoms with E-state index in [2.05, 4.69) is 89.5 Å². The van der Waals surface area contributed by atoms with Crippen molar-refractivity contribution in [1.29, 1.82) is 0 Å². The normalized spacial score (nSPS) is 11.8. The Balaban J connectivity index is 1.00. The largest absolute Gasteiger partial charge is 0.456 e. The smallest absolute Gasteiger partial charge is 0.238 e.